The van der Waals surface area contributed by atoms with E-state index in [1.54, 1.807) is 0 Å². The molecule has 0 saturated carbocycles. The van der Waals surface area contributed by atoms with Gasteiger partial charge in [-0.1, -0.05) is 18.2 Å². The van der Waals surface area contributed by atoms with Gasteiger partial charge in [0.2, 0.25) is 5.91 Å². The lowest BCUT2D eigenvalue weighted by atomic mass is 10.1. The molecule has 0 spiro atoms. The highest BCUT2D eigenvalue weighted by Gasteiger charge is 2.29. The average molecular weight is 359 g/mol. The Kier molecular flexibility index (Phi) is 5.73. The summed E-state index contributed by atoms with van der Waals surface area (Å²) in [5.41, 5.74) is -0.355. The number of benzene rings is 2. The van der Waals surface area contributed by atoms with Crippen LogP contribution >= 0.6 is 0 Å². The normalized spacial score (nSPS) is 12.7. The summed E-state index contributed by atoms with van der Waals surface area (Å²) >= 11 is 0. The first kappa shape index (κ1) is 18.9. The molecule has 1 amide bonds. The van der Waals surface area contributed by atoms with E-state index in [4.69, 9.17) is 0 Å². The molecule has 0 bridgehead atoms. The van der Waals surface area contributed by atoms with Crippen LogP contribution in [0, 0.1) is 11.6 Å². The monoisotopic (exact) mass is 359 g/mol. The predicted octanol–water partition coefficient (Wildman–Crippen LogP) is 3.38. The van der Waals surface area contributed by atoms with E-state index >= 15 is 0 Å². The van der Waals surface area contributed by atoms with Gasteiger partial charge in [0.25, 0.3) is 0 Å². The SMILES string of the molecule is O=C(Cc1ccc(C(F)(F)F)cc1)NC[C@H](O)c1ccc(F)c(F)c1. The molecule has 8 heteroatoms. The van der Waals surface area contributed by atoms with Crippen molar-refractivity contribution in [3.8, 4) is 0 Å². The minimum Gasteiger partial charge on any atom is -0.387 e. The van der Waals surface area contributed by atoms with Gasteiger partial charge in [-0.25, -0.2) is 8.78 Å². The van der Waals surface area contributed by atoms with Crippen LogP contribution in [0.25, 0.3) is 0 Å². The number of carbonyl (C=O) groups is 1. The van der Waals surface area contributed by atoms with Crippen molar-refractivity contribution in [1.82, 2.24) is 5.32 Å². The third-order valence-electron chi connectivity index (χ3n) is 3.47. The van der Waals surface area contributed by atoms with Gasteiger partial charge in [0.05, 0.1) is 18.1 Å². The summed E-state index contributed by atoms with van der Waals surface area (Å²) in [7, 11) is 0. The van der Waals surface area contributed by atoms with Gasteiger partial charge in [0.15, 0.2) is 11.6 Å². The number of halogens is 5. The molecule has 0 aliphatic carbocycles. The molecule has 0 fully saturated rings. The van der Waals surface area contributed by atoms with Crippen molar-refractivity contribution in [2.45, 2.75) is 18.7 Å². The quantitative estimate of drug-likeness (QED) is 0.805. The van der Waals surface area contributed by atoms with Crippen LogP contribution in [0.2, 0.25) is 0 Å². The molecule has 2 aromatic rings. The zero-order valence-electron chi connectivity index (χ0n) is 12.8. The van der Waals surface area contributed by atoms with Gasteiger partial charge in [-0.15, -0.1) is 0 Å². The highest BCUT2D eigenvalue weighted by atomic mass is 19.4. The van der Waals surface area contributed by atoms with Crippen LogP contribution in [0.1, 0.15) is 22.8 Å². The lowest BCUT2D eigenvalue weighted by Gasteiger charge is -2.13. The summed E-state index contributed by atoms with van der Waals surface area (Å²) in [6, 6.07) is 6.99. The number of rotatable bonds is 5. The van der Waals surface area contributed by atoms with Crippen molar-refractivity contribution in [2.75, 3.05) is 6.54 Å². The van der Waals surface area contributed by atoms with E-state index in [2.05, 4.69) is 5.32 Å². The maximum absolute atomic E-state index is 13.1. The average Bonchev–Trinajstić information content (AvgIpc) is 2.55. The molecule has 3 nitrogen and oxygen atoms in total. The molecule has 2 rings (SSSR count). The largest absolute Gasteiger partial charge is 0.416 e. The van der Waals surface area contributed by atoms with Crippen LogP contribution in [-0.4, -0.2) is 17.6 Å². The van der Waals surface area contributed by atoms with Crippen LogP contribution in [0.3, 0.4) is 0 Å². The standard InChI is InChI=1S/C17H14F5NO2/c18-13-6-3-11(8-14(13)19)15(24)9-23-16(25)7-10-1-4-12(5-2-10)17(20,21)22/h1-6,8,15,24H,7,9H2,(H,23,25)/t15-/m0/s1. The Bertz CT molecular complexity index is 744. The van der Waals surface area contributed by atoms with Gasteiger partial charge in [0.1, 0.15) is 0 Å². The molecule has 0 heterocycles. The molecule has 1 atom stereocenters. The topological polar surface area (TPSA) is 49.3 Å². The summed E-state index contributed by atoms with van der Waals surface area (Å²) in [6.45, 7) is -0.245. The van der Waals surface area contributed by atoms with E-state index in [9.17, 15) is 31.9 Å². The second kappa shape index (κ2) is 7.60. The summed E-state index contributed by atoms with van der Waals surface area (Å²) < 4.78 is 63.3. The van der Waals surface area contributed by atoms with E-state index in [0.29, 0.717) is 5.56 Å². The Morgan fingerprint density at radius 1 is 1.04 bits per heavy atom. The van der Waals surface area contributed by atoms with Crippen LogP contribution < -0.4 is 5.32 Å². The first-order chi connectivity index (χ1) is 11.7. The van der Waals surface area contributed by atoms with Crippen molar-refractivity contribution >= 4 is 5.91 Å². The number of nitrogens with one attached hydrogen (secondary N) is 1. The zero-order chi connectivity index (χ0) is 18.6. The Labute approximate surface area is 140 Å². The van der Waals surface area contributed by atoms with Crippen molar-refractivity contribution in [2.24, 2.45) is 0 Å². The third-order valence-corrected chi connectivity index (χ3v) is 3.47. The number of amides is 1. The Morgan fingerprint density at radius 3 is 2.24 bits per heavy atom. The fourth-order valence-corrected chi connectivity index (χ4v) is 2.11. The number of carbonyl (C=O) groups excluding carboxylic acids is 1. The Balaban J connectivity index is 1.88. The molecule has 134 valence electrons. The van der Waals surface area contributed by atoms with Gasteiger partial charge in [-0.05, 0) is 35.4 Å². The van der Waals surface area contributed by atoms with E-state index in [1.807, 2.05) is 0 Å². The van der Waals surface area contributed by atoms with Gasteiger partial charge < -0.3 is 10.4 Å². The zero-order valence-corrected chi connectivity index (χ0v) is 12.8. The third kappa shape index (κ3) is 5.25. The lowest BCUT2D eigenvalue weighted by molar-refractivity contribution is -0.137. The summed E-state index contributed by atoms with van der Waals surface area (Å²) in [6.07, 6.45) is -5.87. The predicted molar refractivity (Wildman–Crippen MR) is 79.5 cm³/mol. The van der Waals surface area contributed by atoms with Gasteiger partial charge >= 0.3 is 6.18 Å². The Hall–Kier alpha value is -2.48. The van der Waals surface area contributed by atoms with E-state index in [0.717, 1.165) is 24.3 Å². The summed E-state index contributed by atoms with van der Waals surface area (Å²) in [5.74, 6) is -2.70. The molecular formula is C17H14F5NO2. The molecule has 2 aromatic carbocycles. The molecule has 0 unspecified atom stereocenters. The summed E-state index contributed by atoms with van der Waals surface area (Å²) in [4.78, 5) is 11.8. The van der Waals surface area contributed by atoms with Crippen molar-refractivity contribution in [1.29, 1.82) is 0 Å². The minimum atomic E-state index is -4.45. The van der Waals surface area contributed by atoms with Crippen molar-refractivity contribution in [3.63, 3.8) is 0 Å². The van der Waals surface area contributed by atoms with Gasteiger partial charge in [-0.3, -0.25) is 4.79 Å². The van der Waals surface area contributed by atoms with Crippen molar-refractivity contribution in [3.05, 3.63) is 70.8 Å². The second-order valence-corrected chi connectivity index (χ2v) is 5.36. The molecule has 0 saturated heterocycles. The number of hydrogen-bond donors (Lipinski definition) is 2. The maximum Gasteiger partial charge on any atom is 0.416 e. The van der Waals surface area contributed by atoms with Crippen molar-refractivity contribution < 1.29 is 31.9 Å². The van der Waals surface area contributed by atoms with E-state index in [1.165, 1.54) is 18.2 Å². The molecule has 0 aliphatic heterocycles. The first-order valence-electron chi connectivity index (χ1n) is 7.22. The molecule has 0 radical (unpaired) electrons. The molecular weight excluding hydrogens is 345 g/mol. The van der Waals surface area contributed by atoms with Crippen LogP contribution in [0.4, 0.5) is 22.0 Å². The fraction of sp³-hybridized carbons (Fsp3) is 0.235. The fourth-order valence-electron chi connectivity index (χ4n) is 2.11. The Morgan fingerprint density at radius 2 is 1.68 bits per heavy atom. The lowest BCUT2D eigenvalue weighted by Crippen LogP contribution is -2.29. The molecule has 2 N–H and O–H groups in total. The second-order valence-electron chi connectivity index (χ2n) is 5.36. The van der Waals surface area contributed by atoms with Crippen LogP contribution in [0.15, 0.2) is 42.5 Å². The van der Waals surface area contributed by atoms with Gasteiger partial charge in [-0.2, -0.15) is 13.2 Å². The van der Waals surface area contributed by atoms with E-state index < -0.39 is 35.4 Å². The smallest absolute Gasteiger partial charge is 0.387 e. The maximum atomic E-state index is 13.1. The number of alkyl halides is 3. The molecule has 25 heavy (non-hydrogen) atoms. The molecule has 0 aliphatic rings. The minimum absolute atomic E-state index is 0.0914. The van der Waals surface area contributed by atoms with Crippen LogP contribution in [-0.2, 0) is 17.4 Å². The van der Waals surface area contributed by atoms with Gasteiger partial charge in [0, 0.05) is 6.54 Å². The highest BCUT2D eigenvalue weighted by Crippen LogP contribution is 2.29. The highest BCUT2D eigenvalue weighted by molar-refractivity contribution is 5.78. The molecule has 0 aromatic heterocycles. The summed E-state index contributed by atoms with van der Waals surface area (Å²) in [5, 5.41) is 12.2. The first-order valence-corrected chi connectivity index (χ1v) is 7.22. The van der Waals surface area contributed by atoms with E-state index in [-0.39, 0.29) is 18.5 Å². The number of aliphatic hydroxyl groups excluding tert-OH is 1. The number of aliphatic hydroxyl groups is 1. The number of hydrogen-bond acceptors (Lipinski definition) is 2. The van der Waals surface area contributed by atoms with Crippen LogP contribution in [0.5, 0.6) is 0 Å².